The molecule has 2 N–H and O–H groups in total. The minimum absolute atomic E-state index is 0.0125. The van der Waals surface area contributed by atoms with Crippen LogP contribution in [0.3, 0.4) is 0 Å². The molecule has 28 heavy (non-hydrogen) atoms. The molecule has 0 aromatic heterocycles. The molecule has 0 bridgehead atoms. The molecule has 1 aliphatic carbocycles. The Morgan fingerprint density at radius 3 is 2.71 bits per heavy atom. The Bertz CT molecular complexity index is 847. The van der Waals surface area contributed by atoms with E-state index in [4.69, 9.17) is 9.47 Å². The summed E-state index contributed by atoms with van der Waals surface area (Å²) in [7, 11) is -1.19. The molecule has 2 fully saturated rings. The van der Waals surface area contributed by atoms with E-state index in [9.17, 15) is 8.42 Å². The summed E-state index contributed by atoms with van der Waals surface area (Å²) in [6.07, 6.45) is 6.50. The highest BCUT2D eigenvalue weighted by Crippen LogP contribution is 2.43. The molecule has 2 aliphatic heterocycles. The molecule has 0 amide bonds. The maximum absolute atomic E-state index is 11.7. The van der Waals surface area contributed by atoms with Gasteiger partial charge in [0.1, 0.15) is 0 Å². The van der Waals surface area contributed by atoms with Crippen LogP contribution in [-0.2, 0) is 15.3 Å². The van der Waals surface area contributed by atoms with Crippen LogP contribution in [0.1, 0.15) is 44.1 Å². The number of hydrogen-bond donors (Lipinski definition) is 2. The standard InChI is InChI=1S/C20H29N3O4S/c1-21-19(23-16-7-10-28(24,25)12-16)22-13-20(8-3-2-4-9-20)15-5-6-17-18(11-15)27-14-26-17/h5-6,11,16H,2-4,7-10,12-14H2,1H3,(H2,21,22,23). The number of rotatable bonds is 4. The van der Waals surface area contributed by atoms with E-state index in [-0.39, 0.29) is 29.8 Å². The zero-order chi connectivity index (χ0) is 19.6. The van der Waals surface area contributed by atoms with Crippen LogP contribution in [0.25, 0.3) is 0 Å². The van der Waals surface area contributed by atoms with Crippen molar-refractivity contribution >= 4 is 15.8 Å². The zero-order valence-corrected chi connectivity index (χ0v) is 17.2. The minimum atomic E-state index is -2.92. The number of aliphatic imine (C=N–C) groups is 1. The predicted molar refractivity (Wildman–Crippen MR) is 109 cm³/mol. The van der Waals surface area contributed by atoms with Gasteiger partial charge in [0.05, 0.1) is 11.5 Å². The number of ether oxygens (including phenoxy) is 2. The molecule has 2 heterocycles. The first-order valence-corrected chi connectivity index (χ1v) is 11.9. The number of sulfone groups is 1. The summed E-state index contributed by atoms with van der Waals surface area (Å²) in [5.41, 5.74) is 1.28. The van der Waals surface area contributed by atoms with Crippen LogP contribution in [0.2, 0.25) is 0 Å². The monoisotopic (exact) mass is 407 g/mol. The van der Waals surface area contributed by atoms with E-state index < -0.39 is 9.84 Å². The van der Waals surface area contributed by atoms with Crippen molar-refractivity contribution in [3.05, 3.63) is 23.8 Å². The summed E-state index contributed by atoms with van der Waals surface area (Å²) in [6, 6.07) is 6.21. The molecular formula is C20H29N3O4S. The van der Waals surface area contributed by atoms with Gasteiger partial charge in [-0.3, -0.25) is 4.99 Å². The fourth-order valence-corrected chi connectivity index (χ4v) is 6.25. The van der Waals surface area contributed by atoms with Gasteiger partial charge in [-0.25, -0.2) is 8.42 Å². The highest BCUT2D eigenvalue weighted by atomic mass is 32.2. The molecule has 1 aromatic carbocycles. The van der Waals surface area contributed by atoms with Crippen molar-refractivity contribution in [3.8, 4) is 11.5 Å². The summed E-state index contributed by atoms with van der Waals surface area (Å²) in [4.78, 5) is 4.32. The Morgan fingerprint density at radius 1 is 1.21 bits per heavy atom. The van der Waals surface area contributed by atoms with Crippen LogP contribution in [0, 0.1) is 0 Å². The van der Waals surface area contributed by atoms with Crippen molar-refractivity contribution < 1.29 is 17.9 Å². The Labute approximate surface area is 166 Å². The molecule has 1 saturated carbocycles. The molecule has 7 nitrogen and oxygen atoms in total. The van der Waals surface area contributed by atoms with Gasteiger partial charge in [0.25, 0.3) is 0 Å². The Hall–Kier alpha value is -1.96. The summed E-state index contributed by atoms with van der Waals surface area (Å²) in [5.74, 6) is 2.74. The van der Waals surface area contributed by atoms with Crippen LogP contribution < -0.4 is 20.1 Å². The van der Waals surface area contributed by atoms with E-state index in [1.165, 1.54) is 24.8 Å². The topological polar surface area (TPSA) is 89.0 Å². The first-order valence-electron chi connectivity index (χ1n) is 10.1. The zero-order valence-electron chi connectivity index (χ0n) is 16.4. The highest BCUT2D eigenvalue weighted by Gasteiger charge is 2.36. The van der Waals surface area contributed by atoms with Crippen molar-refractivity contribution in [2.75, 3.05) is 31.9 Å². The molecule has 1 unspecified atom stereocenters. The highest BCUT2D eigenvalue weighted by molar-refractivity contribution is 7.91. The van der Waals surface area contributed by atoms with Crippen molar-refractivity contribution in [2.45, 2.75) is 50.0 Å². The average Bonchev–Trinajstić information content (AvgIpc) is 3.30. The van der Waals surface area contributed by atoms with E-state index in [1.54, 1.807) is 7.05 Å². The third kappa shape index (κ3) is 4.06. The van der Waals surface area contributed by atoms with Gasteiger partial charge in [0, 0.05) is 25.0 Å². The van der Waals surface area contributed by atoms with Crippen LogP contribution in [-0.4, -0.2) is 52.3 Å². The summed E-state index contributed by atoms with van der Waals surface area (Å²) < 4.78 is 34.5. The molecule has 0 spiro atoms. The molecule has 0 radical (unpaired) electrons. The molecule has 4 rings (SSSR count). The second kappa shape index (κ2) is 7.81. The van der Waals surface area contributed by atoms with Gasteiger partial charge in [-0.15, -0.1) is 0 Å². The van der Waals surface area contributed by atoms with Crippen LogP contribution in [0.4, 0.5) is 0 Å². The maximum Gasteiger partial charge on any atom is 0.231 e. The molecular weight excluding hydrogens is 378 g/mol. The van der Waals surface area contributed by atoms with Crippen molar-refractivity contribution in [2.24, 2.45) is 4.99 Å². The lowest BCUT2D eigenvalue weighted by atomic mass is 9.69. The third-order valence-corrected chi connectivity index (χ3v) is 7.95. The number of benzene rings is 1. The smallest absolute Gasteiger partial charge is 0.231 e. The van der Waals surface area contributed by atoms with Gasteiger partial charge < -0.3 is 20.1 Å². The Balaban J connectivity index is 1.47. The lowest BCUT2D eigenvalue weighted by Crippen LogP contribution is -2.49. The molecule has 3 aliphatic rings. The van der Waals surface area contributed by atoms with Crippen molar-refractivity contribution in [3.63, 3.8) is 0 Å². The van der Waals surface area contributed by atoms with Crippen LogP contribution in [0.5, 0.6) is 11.5 Å². The lowest BCUT2D eigenvalue weighted by molar-refractivity contribution is 0.174. The van der Waals surface area contributed by atoms with E-state index in [1.807, 2.05) is 6.07 Å². The fraction of sp³-hybridized carbons (Fsp3) is 0.650. The van der Waals surface area contributed by atoms with Crippen molar-refractivity contribution in [1.29, 1.82) is 0 Å². The minimum Gasteiger partial charge on any atom is -0.454 e. The molecule has 1 saturated heterocycles. The van der Waals surface area contributed by atoms with Gasteiger partial charge in [0.2, 0.25) is 6.79 Å². The van der Waals surface area contributed by atoms with Crippen molar-refractivity contribution in [1.82, 2.24) is 10.6 Å². The van der Waals surface area contributed by atoms with E-state index in [2.05, 4.69) is 27.8 Å². The van der Waals surface area contributed by atoms with E-state index in [0.29, 0.717) is 12.4 Å². The Kier molecular flexibility index (Phi) is 5.40. The molecule has 154 valence electrons. The first kappa shape index (κ1) is 19.4. The number of hydrogen-bond acceptors (Lipinski definition) is 5. The second-order valence-electron chi connectivity index (χ2n) is 8.08. The second-order valence-corrected chi connectivity index (χ2v) is 10.3. The van der Waals surface area contributed by atoms with Gasteiger partial charge >= 0.3 is 0 Å². The number of guanidine groups is 1. The molecule has 1 atom stereocenters. The quantitative estimate of drug-likeness (QED) is 0.586. The summed E-state index contributed by atoms with van der Waals surface area (Å²) in [6.45, 7) is 1.04. The molecule has 1 aromatic rings. The van der Waals surface area contributed by atoms with E-state index in [0.717, 1.165) is 30.9 Å². The fourth-order valence-electron chi connectivity index (χ4n) is 4.57. The van der Waals surface area contributed by atoms with Crippen LogP contribution in [0.15, 0.2) is 23.2 Å². The van der Waals surface area contributed by atoms with Gasteiger partial charge in [-0.05, 0) is 37.0 Å². The summed E-state index contributed by atoms with van der Waals surface area (Å²) >= 11 is 0. The SMILES string of the molecule is CN=C(NCC1(c2ccc3c(c2)OCO3)CCCCC1)NC1CCS(=O)(=O)C1. The lowest BCUT2D eigenvalue weighted by Gasteiger charge is -2.38. The Morgan fingerprint density at radius 2 is 2.00 bits per heavy atom. The van der Waals surface area contributed by atoms with Gasteiger partial charge in [-0.1, -0.05) is 25.3 Å². The third-order valence-electron chi connectivity index (χ3n) is 6.19. The van der Waals surface area contributed by atoms with Gasteiger partial charge in [-0.2, -0.15) is 0 Å². The number of fused-ring (bicyclic) bond motifs is 1. The molecule has 8 heteroatoms. The largest absolute Gasteiger partial charge is 0.454 e. The maximum atomic E-state index is 11.7. The average molecular weight is 408 g/mol. The number of nitrogens with one attached hydrogen (secondary N) is 2. The normalized spacial score (nSPS) is 25.5. The van der Waals surface area contributed by atoms with Gasteiger partial charge in [0.15, 0.2) is 27.3 Å². The predicted octanol–water partition coefficient (Wildman–Crippen LogP) is 1.97. The van der Waals surface area contributed by atoms with Crippen LogP contribution >= 0.6 is 0 Å². The van der Waals surface area contributed by atoms with E-state index >= 15 is 0 Å². The summed E-state index contributed by atoms with van der Waals surface area (Å²) in [5, 5.41) is 6.76. The first-order chi connectivity index (χ1) is 13.5. The number of nitrogens with zero attached hydrogens (tertiary/aromatic N) is 1.